The lowest BCUT2D eigenvalue weighted by Crippen LogP contribution is -2.46. The third-order valence-electron chi connectivity index (χ3n) is 8.20. The zero-order valence-electron chi connectivity index (χ0n) is 26.8. The van der Waals surface area contributed by atoms with Crippen LogP contribution in [0.5, 0.6) is 0 Å². The van der Waals surface area contributed by atoms with E-state index in [1.807, 2.05) is 6.92 Å². The first-order valence-electron chi connectivity index (χ1n) is 14.1. The summed E-state index contributed by atoms with van der Waals surface area (Å²) in [5.41, 5.74) is 1.80. The van der Waals surface area contributed by atoms with Crippen LogP contribution < -0.4 is 0 Å². The van der Waals surface area contributed by atoms with Gasteiger partial charge in [-0.05, 0) is 61.3 Å². The molecule has 0 bridgehead atoms. The second kappa shape index (κ2) is 14.3. The SMILES string of the molecule is C=C(CC#CC)[C@@H](O[Si](C)(C)C(C)(C)C)[C@@H]1O[C@H]1C(=C)C[C@H](CO[Si](C)(C)C(C)(C)C)OC(=O)CCC#CC. The van der Waals surface area contributed by atoms with Gasteiger partial charge in [-0.1, -0.05) is 60.6 Å². The molecule has 0 aliphatic carbocycles. The Morgan fingerprint density at radius 1 is 0.949 bits per heavy atom. The molecule has 4 atom stereocenters. The summed E-state index contributed by atoms with van der Waals surface area (Å²) in [6.07, 6.45) is 0.715. The second-order valence-corrected chi connectivity index (χ2v) is 23.1. The van der Waals surface area contributed by atoms with Crippen molar-refractivity contribution in [1.29, 1.82) is 0 Å². The van der Waals surface area contributed by atoms with E-state index < -0.39 is 22.7 Å². The lowest BCUT2D eigenvalue weighted by atomic mass is 9.98. The van der Waals surface area contributed by atoms with Crippen LogP contribution >= 0.6 is 0 Å². The van der Waals surface area contributed by atoms with E-state index in [2.05, 4.69) is 105 Å². The zero-order chi connectivity index (χ0) is 30.2. The Morgan fingerprint density at radius 3 is 2.03 bits per heavy atom. The normalized spacial score (nSPS) is 19.1. The fraction of sp³-hybridized carbons (Fsp3) is 0.719. The molecule has 0 N–H and O–H groups in total. The summed E-state index contributed by atoms with van der Waals surface area (Å²) in [5, 5.41) is 0.0991. The van der Waals surface area contributed by atoms with Crippen molar-refractivity contribution >= 4 is 22.6 Å². The number of carbonyl (C=O) groups is 1. The maximum absolute atomic E-state index is 12.6. The van der Waals surface area contributed by atoms with E-state index in [1.54, 1.807) is 6.92 Å². The van der Waals surface area contributed by atoms with Crippen LogP contribution in [0.1, 0.15) is 81.1 Å². The number of ether oxygens (including phenoxy) is 2. The van der Waals surface area contributed by atoms with E-state index in [-0.39, 0.29) is 40.8 Å². The van der Waals surface area contributed by atoms with Gasteiger partial charge in [-0.2, -0.15) is 0 Å². The molecule has 1 aliphatic heterocycles. The highest BCUT2D eigenvalue weighted by molar-refractivity contribution is 6.74. The Morgan fingerprint density at radius 2 is 1.51 bits per heavy atom. The van der Waals surface area contributed by atoms with Crippen molar-refractivity contribution in [3.05, 3.63) is 24.3 Å². The standard InChI is InChI=1S/C32H54O5Si2/c1-15-17-19-21-27(33)35-26(23-34-38(11,12)31(5,6)7)22-25(4)28-30(36-28)29(24(3)20-18-16-2)37-39(13,14)32(8,9)10/h26,28-30H,3-4,19-23H2,1-2,5-14H3/t26-,28+,29-,30-/m1/s1. The highest BCUT2D eigenvalue weighted by atomic mass is 28.4. The van der Waals surface area contributed by atoms with Crippen molar-refractivity contribution in [2.45, 2.75) is 142 Å². The molecule has 0 aromatic heterocycles. The Kier molecular flexibility index (Phi) is 13.0. The molecule has 1 saturated heterocycles. The average Bonchev–Trinajstić information content (AvgIpc) is 3.59. The largest absolute Gasteiger partial charge is 0.460 e. The topological polar surface area (TPSA) is 57.3 Å². The van der Waals surface area contributed by atoms with Crippen molar-refractivity contribution in [1.82, 2.24) is 0 Å². The van der Waals surface area contributed by atoms with Crippen LogP contribution in [-0.2, 0) is 23.1 Å². The molecule has 1 aliphatic rings. The van der Waals surface area contributed by atoms with E-state index >= 15 is 0 Å². The van der Waals surface area contributed by atoms with Gasteiger partial charge in [-0.15, -0.1) is 17.8 Å². The summed E-state index contributed by atoms with van der Waals surface area (Å²) in [6.45, 7) is 34.7. The van der Waals surface area contributed by atoms with E-state index in [0.29, 0.717) is 25.9 Å². The molecule has 0 saturated carbocycles. The zero-order valence-corrected chi connectivity index (χ0v) is 28.8. The van der Waals surface area contributed by atoms with Gasteiger partial charge in [-0.3, -0.25) is 4.79 Å². The van der Waals surface area contributed by atoms with Gasteiger partial charge in [0.25, 0.3) is 0 Å². The minimum Gasteiger partial charge on any atom is -0.460 e. The number of hydrogen-bond acceptors (Lipinski definition) is 5. The molecule has 0 unspecified atom stereocenters. The summed E-state index contributed by atoms with van der Waals surface area (Å²) in [6, 6.07) is 0. The molecule has 1 heterocycles. The van der Waals surface area contributed by atoms with Gasteiger partial charge in [0, 0.05) is 19.3 Å². The monoisotopic (exact) mass is 574 g/mol. The Balaban J connectivity index is 3.05. The highest BCUT2D eigenvalue weighted by Gasteiger charge is 2.51. The Bertz CT molecular complexity index is 992. The quantitative estimate of drug-likeness (QED) is 0.0696. The van der Waals surface area contributed by atoms with E-state index in [0.717, 1.165) is 11.1 Å². The first-order valence-corrected chi connectivity index (χ1v) is 19.9. The molecule has 0 aromatic carbocycles. The minimum atomic E-state index is -2.09. The molecule has 1 rings (SSSR count). The Hall–Kier alpha value is -1.62. The highest BCUT2D eigenvalue weighted by Crippen LogP contribution is 2.43. The molecule has 39 heavy (non-hydrogen) atoms. The third-order valence-corrected chi connectivity index (χ3v) is 17.2. The maximum Gasteiger partial charge on any atom is 0.307 e. The number of rotatable bonds is 14. The summed E-state index contributed by atoms with van der Waals surface area (Å²) in [7, 11) is -4.12. The molecule has 1 fully saturated rings. The first kappa shape index (κ1) is 35.4. The van der Waals surface area contributed by atoms with Gasteiger partial charge >= 0.3 is 5.97 Å². The Labute approximate surface area is 241 Å². The molecule has 0 spiro atoms. The van der Waals surface area contributed by atoms with Gasteiger partial charge < -0.3 is 18.3 Å². The lowest BCUT2D eigenvalue weighted by Gasteiger charge is -2.39. The lowest BCUT2D eigenvalue weighted by molar-refractivity contribution is -0.150. The van der Waals surface area contributed by atoms with E-state index in [4.69, 9.17) is 18.3 Å². The maximum atomic E-state index is 12.6. The smallest absolute Gasteiger partial charge is 0.307 e. The molecule has 5 nitrogen and oxygen atoms in total. The van der Waals surface area contributed by atoms with Gasteiger partial charge in [-0.25, -0.2) is 0 Å². The van der Waals surface area contributed by atoms with Crippen LogP contribution in [0.3, 0.4) is 0 Å². The fourth-order valence-corrected chi connectivity index (χ4v) is 5.78. The molecule has 7 heteroatoms. The van der Waals surface area contributed by atoms with Gasteiger partial charge in [0.2, 0.25) is 0 Å². The van der Waals surface area contributed by atoms with Crippen LogP contribution in [0.25, 0.3) is 0 Å². The number of hydrogen-bond donors (Lipinski definition) is 0. The van der Waals surface area contributed by atoms with Gasteiger partial charge in [0.1, 0.15) is 18.3 Å². The van der Waals surface area contributed by atoms with Crippen LogP contribution in [0.15, 0.2) is 24.3 Å². The molecule has 0 aromatic rings. The predicted molar refractivity (Wildman–Crippen MR) is 167 cm³/mol. The molecular formula is C32H54O5Si2. The number of carbonyl (C=O) groups excluding carboxylic acids is 1. The second-order valence-electron chi connectivity index (χ2n) is 13.6. The van der Waals surface area contributed by atoms with Crippen LogP contribution in [0, 0.1) is 23.7 Å². The predicted octanol–water partition coefficient (Wildman–Crippen LogP) is 7.80. The van der Waals surface area contributed by atoms with Crippen molar-refractivity contribution in [2.24, 2.45) is 0 Å². The molecular weight excluding hydrogens is 521 g/mol. The van der Waals surface area contributed by atoms with E-state index in [1.165, 1.54) is 0 Å². The van der Waals surface area contributed by atoms with Crippen LogP contribution in [0.4, 0.5) is 0 Å². The average molecular weight is 575 g/mol. The van der Waals surface area contributed by atoms with E-state index in [9.17, 15) is 4.79 Å². The van der Waals surface area contributed by atoms with Gasteiger partial charge in [0.05, 0.1) is 19.1 Å². The minimum absolute atomic E-state index is 0.0475. The first-order chi connectivity index (χ1) is 17.8. The summed E-state index contributed by atoms with van der Waals surface area (Å²) < 4.78 is 25.3. The number of esters is 1. The van der Waals surface area contributed by atoms with Crippen molar-refractivity contribution in [3.63, 3.8) is 0 Å². The third kappa shape index (κ3) is 11.1. The van der Waals surface area contributed by atoms with Crippen LogP contribution in [-0.4, -0.2) is 53.6 Å². The molecule has 0 amide bonds. The molecule has 0 radical (unpaired) electrons. The summed E-state index contributed by atoms with van der Waals surface area (Å²) in [4.78, 5) is 12.6. The summed E-state index contributed by atoms with van der Waals surface area (Å²) >= 11 is 0. The fourth-order valence-electron chi connectivity index (χ4n) is 3.46. The van der Waals surface area contributed by atoms with Gasteiger partial charge in [0.15, 0.2) is 16.6 Å². The van der Waals surface area contributed by atoms with Crippen molar-refractivity contribution in [3.8, 4) is 23.7 Å². The van der Waals surface area contributed by atoms with Crippen LogP contribution in [0.2, 0.25) is 36.3 Å². The number of epoxide rings is 1. The summed E-state index contributed by atoms with van der Waals surface area (Å²) in [5.74, 6) is 11.6. The van der Waals surface area contributed by atoms with Crippen molar-refractivity contribution in [2.75, 3.05) is 6.61 Å². The molecule has 220 valence electrons. The van der Waals surface area contributed by atoms with Crippen molar-refractivity contribution < 1.29 is 23.1 Å².